The molecule has 0 aromatic heterocycles. The lowest BCUT2D eigenvalue weighted by Crippen LogP contribution is -2.32. The highest BCUT2D eigenvalue weighted by Crippen LogP contribution is 2.26. The highest BCUT2D eigenvalue weighted by atomic mass is 35.5. The standard InChI is InChI=1S/C12H17ClN2O2S/c1-4-5-8(2)15-18(16,17)10-6-11(13)9(3)12(14)7-10/h4,6-8,15H,1,5,14H2,2-3H3. The molecule has 18 heavy (non-hydrogen) atoms. The molecule has 0 aliphatic heterocycles. The minimum Gasteiger partial charge on any atom is -0.398 e. The average Bonchev–Trinajstić information content (AvgIpc) is 2.24. The molecule has 0 fully saturated rings. The zero-order valence-corrected chi connectivity index (χ0v) is 12.0. The number of sulfonamides is 1. The summed E-state index contributed by atoms with van der Waals surface area (Å²) in [6.45, 7) is 7.07. The summed E-state index contributed by atoms with van der Waals surface area (Å²) < 4.78 is 26.7. The monoisotopic (exact) mass is 288 g/mol. The van der Waals surface area contributed by atoms with Gasteiger partial charge in [0.15, 0.2) is 0 Å². The van der Waals surface area contributed by atoms with Crippen LogP contribution in [-0.4, -0.2) is 14.5 Å². The predicted octanol–water partition coefficient (Wildman–Crippen LogP) is 2.47. The van der Waals surface area contributed by atoms with Crippen LogP contribution in [0.4, 0.5) is 5.69 Å². The number of benzene rings is 1. The maximum atomic E-state index is 12.1. The molecular formula is C12H17ClN2O2S. The Morgan fingerprint density at radius 3 is 2.67 bits per heavy atom. The minimum absolute atomic E-state index is 0.0755. The van der Waals surface area contributed by atoms with Gasteiger partial charge in [0.25, 0.3) is 0 Å². The first-order chi connectivity index (χ1) is 8.27. The number of anilines is 1. The van der Waals surface area contributed by atoms with Gasteiger partial charge in [-0.2, -0.15) is 0 Å². The van der Waals surface area contributed by atoms with Gasteiger partial charge in [0.05, 0.1) is 4.90 Å². The molecule has 3 N–H and O–H groups in total. The lowest BCUT2D eigenvalue weighted by molar-refractivity contribution is 0.562. The third kappa shape index (κ3) is 3.48. The Kier molecular flexibility index (Phi) is 4.78. The summed E-state index contributed by atoms with van der Waals surface area (Å²) in [7, 11) is -3.61. The van der Waals surface area contributed by atoms with E-state index in [-0.39, 0.29) is 10.9 Å². The van der Waals surface area contributed by atoms with E-state index in [2.05, 4.69) is 11.3 Å². The maximum Gasteiger partial charge on any atom is 0.240 e. The lowest BCUT2D eigenvalue weighted by Gasteiger charge is -2.14. The van der Waals surface area contributed by atoms with Gasteiger partial charge < -0.3 is 5.73 Å². The van der Waals surface area contributed by atoms with Crippen molar-refractivity contribution in [2.24, 2.45) is 0 Å². The van der Waals surface area contributed by atoms with Crippen molar-refractivity contribution in [3.63, 3.8) is 0 Å². The van der Waals surface area contributed by atoms with Crippen LogP contribution in [0.1, 0.15) is 18.9 Å². The third-order valence-electron chi connectivity index (χ3n) is 2.54. The van der Waals surface area contributed by atoms with Crippen LogP contribution in [-0.2, 0) is 10.0 Å². The van der Waals surface area contributed by atoms with Crippen molar-refractivity contribution in [1.82, 2.24) is 4.72 Å². The van der Waals surface area contributed by atoms with Gasteiger partial charge in [-0.25, -0.2) is 13.1 Å². The molecule has 0 saturated heterocycles. The van der Waals surface area contributed by atoms with Crippen molar-refractivity contribution in [3.8, 4) is 0 Å². The van der Waals surface area contributed by atoms with Crippen LogP contribution in [0.15, 0.2) is 29.7 Å². The Morgan fingerprint density at radius 2 is 2.17 bits per heavy atom. The van der Waals surface area contributed by atoms with E-state index in [1.807, 2.05) is 0 Å². The Morgan fingerprint density at radius 1 is 1.56 bits per heavy atom. The summed E-state index contributed by atoms with van der Waals surface area (Å²) in [5.41, 5.74) is 6.75. The predicted molar refractivity (Wildman–Crippen MR) is 75.2 cm³/mol. The van der Waals surface area contributed by atoms with Crippen LogP contribution in [0, 0.1) is 6.92 Å². The van der Waals surface area contributed by atoms with E-state index in [9.17, 15) is 8.42 Å². The van der Waals surface area contributed by atoms with Gasteiger partial charge >= 0.3 is 0 Å². The number of halogens is 1. The minimum atomic E-state index is -3.61. The fraction of sp³-hybridized carbons (Fsp3) is 0.333. The van der Waals surface area contributed by atoms with Crippen LogP contribution < -0.4 is 10.5 Å². The van der Waals surface area contributed by atoms with E-state index in [0.717, 1.165) is 0 Å². The first kappa shape index (κ1) is 15.0. The first-order valence-electron chi connectivity index (χ1n) is 5.46. The van der Waals surface area contributed by atoms with Crippen LogP contribution in [0.25, 0.3) is 0 Å². The van der Waals surface area contributed by atoms with Gasteiger partial charge in [-0.3, -0.25) is 0 Å². The van der Waals surface area contributed by atoms with E-state index >= 15 is 0 Å². The molecule has 1 atom stereocenters. The van der Waals surface area contributed by atoms with Crippen molar-refractivity contribution >= 4 is 27.3 Å². The number of rotatable bonds is 5. The molecular weight excluding hydrogens is 272 g/mol. The lowest BCUT2D eigenvalue weighted by atomic mass is 10.2. The fourth-order valence-electron chi connectivity index (χ4n) is 1.46. The molecule has 100 valence electrons. The number of nitrogens with one attached hydrogen (secondary N) is 1. The zero-order valence-electron chi connectivity index (χ0n) is 10.4. The van der Waals surface area contributed by atoms with Crippen LogP contribution in [0.2, 0.25) is 5.02 Å². The molecule has 1 aromatic carbocycles. The molecule has 1 rings (SSSR count). The molecule has 0 aliphatic carbocycles. The molecule has 0 spiro atoms. The van der Waals surface area contributed by atoms with Crippen molar-refractivity contribution in [2.45, 2.75) is 31.2 Å². The summed E-state index contributed by atoms with van der Waals surface area (Å²) in [6, 6.07) is 2.58. The second-order valence-corrected chi connectivity index (χ2v) is 6.29. The Hall–Kier alpha value is -1.04. The van der Waals surface area contributed by atoms with E-state index in [0.29, 0.717) is 22.7 Å². The molecule has 0 bridgehead atoms. The van der Waals surface area contributed by atoms with Crippen LogP contribution in [0.3, 0.4) is 0 Å². The third-order valence-corrected chi connectivity index (χ3v) is 4.51. The van der Waals surface area contributed by atoms with Crippen LogP contribution >= 0.6 is 11.6 Å². The van der Waals surface area contributed by atoms with Crippen molar-refractivity contribution < 1.29 is 8.42 Å². The van der Waals surface area contributed by atoms with Crippen molar-refractivity contribution in [3.05, 3.63) is 35.4 Å². The number of hydrogen-bond acceptors (Lipinski definition) is 3. The van der Waals surface area contributed by atoms with E-state index in [1.165, 1.54) is 12.1 Å². The quantitative estimate of drug-likeness (QED) is 0.646. The molecule has 0 radical (unpaired) electrons. The van der Waals surface area contributed by atoms with Gasteiger partial charge in [-0.15, -0.1) is 6.58 Å². The number of nitrogen functional groups attached to an aromatic ring is 1. The highest BCUT2D eigenvalue weighted by Gasteiger charge is 2.18. The molecule has 6 heteroatoms. The SMILES string of the molecule is C=CCC(C)NS(=O)(=O)c1cc(N)c(C)c(Cl)c1. The normalized spacial score (nSPS) is 13.3. The van der Waals surface area contributed by atoms with E-state index < -0.39 is 10.0 Å². The van der Waals surface area contributed by atoms with Gasteiger partial charge in [0.1, 0.15) is 0 Å². The first-order valence-corrected chi connectivity index (χ1v) is 7.33. The molecule has 1 unspecified atom stereocenters. The van der Waals surface area contributed by atoms with Gasteiger partial charge in [-0.1, -0.05) is 17.7 Å². The summed E-state index contributed by atoms with van der Waals surface area (Å²) in [6.07, 6.45) is 2.21. The topological polar surface area (TPSA) is 72.2 Å². The van der Waals surface area contributed by atoms with Crippen molar-refractivity contribution in [2.75, 3.05) is 5.73 Å². The molecule has 0 heterocycles. The van der Waals surface area contributed by atoms with Gasteiger partial charge in [0, 0.05) is 16.8 Å². The van der Waals surface area contributed by atoms with Crippen LogP contribution in [0.5, 0.6) is 0 Å². The smallest absolute Gasteiger partial charge is 0.240 e. The summed E-state index contributed by atoms with van der Waals surface area (Å²) >= 11 is 5.93. The fourth-order valence-corrected chi connectivity index (χ4v) is 3.07. The maximum absolute atomic E-state index is 12.1. The van der Waals surface area contributed by atoms with Gasteiger partial charge in [0.2, 0.25) is 10.0 Å². The largest absolute Gasteiger partial charge is 0.398 e. The van der Waals surface area contributed by atoms with E-state index in [4.69, 9.17) is 17.3 Å². The molecule has 1 aromatic rings. The number of nitrogens with two attached hydrogens (primary N) is 1. The van der Waals surface area contributed by atoms with Gasteiger partial charge in [-0.05, 0) is 38.0 Å². The number of hydrogen-bond donors (Lipinski definition) is 2. The second-order valence-electron chi connectivity index (χ2n) is 4.17. The molecule has 0 saturated carbocycles. The molecule has 0 amide bonds. The second kappa shape index (κ2) is 5.73. The average molecular weight is 289 g/mol. The summed E-state index contributed by atoms with van der Waals surface area (Å²) in [5, 5.41) is 0.340. The Balaban J connectivity index is 3.09. The van der Waals surface area contributed by atoms with E-state index in [1.54, 1.807) is 19.9 Å². The Labute approximate surface area is 113 Å². The Bertz CT molecular complexity index is 532. The zero-order chi connectivity index (χ0) is 13.9. The summed E-state index contributed by atoms with van der Waals surface area (Å²) in [5.74, 6) is 0. The van der Waals surface area contributed by atoms with Crippen molar-refractivity contribution in [1.29, 1.82) is 0 Å². The molecule has 0 aliphatic rings. The molecule has 4 nitrogen and oxygen atoms in total. The summed E-state index contributed by atoms with van der Waals surface area (Å²) in [4.78, 5) is 0.0755. The highest BCUT2D eigenvalue weighted by molar-refractivity contribution is 7.89.